The molecule has 0 fully saturated rings. The SMILES string of the molecule is Cc1cc(C(=O)NCCn2ncc3c2c(C)nn3C)on1. The van der Waals surface area contributed by atoms with Crippen LogP contribution in [0.3, 0.4) is 0 Å². The number of nitrogens with zero attached hydrogens (tertiary/aromatic N) is 5. The molecule has 110 valence electrons. The number of nitrogens with one attached hydrogen (secondary N) is 1. The molecule has 8 nitrogen and oxygen atoms in total. The maximum Gasteiger partial charge on any atom is 0.289 e. The van der Waals surface area contributed by atoms with E-state index in [0.29, 0.717) is 18.8 Å². The summed E-state index contributed by atoms with van der Waals surface area (Å²) in [6.07, 6.45) is 1.77. The van der Waals surface area contributed by atoms with Crippen LogP contribution in [0.2, 0.25) is 0 Å². The molecule has 1 N–H and O–H groups in total. The van der Waals surface area contributed by atoms with E-state index in [1.165, 1.54) is 0 Å². The zero-order valence-corrected chi connectivity index (χ0v) is 12.1. The van der Waals surface area contributed by atoms with Gasteiger partial charge in [-0.05, 0) is 13.8 Å². The lowest BCUT2D eigenvalue weighted by molar-refractivity contribution is 0.0915. The summed E-state index contributed by atoms with van der Waals surface area (Å²) in [5, 5.41) is 15.1. The highest BCUT2D eigenvalue weighted by Gasteiger charge is 2.13. The van der Waals surface area contributed by atoms with E-state index in [4.69, 9.17) is 4.52 Å². The molecule has 0 aliphatic heterocycles. The van der Waals surface area contributed by atoms with E-state index in [2.05, 4.69) is 20.7 Å². The fraction of sp³-hybridized carbons (Fsp3) is 0.385. The Bertz CT molecular complexity index is 797. The maximum absolute atomic E-state index is 11.8. The second-order valence-corrected chi connectivity index (χ2v) is 4.90. The maximum atomic E-state index is 11.8. The molecule has 3 heterocycles. The smallest absolute Gasteiger partial charge is 0.289 e. The van der Waals surface area contributed by atoms with Crippen molar-refractivity contribution < 1.29 is 9.32 Å². The number of amides is 1. The highest BCUT2D eigenvalue weighted by molar-refractivity contribution is 5.91. The molecule has 3 rings (SSSR count). The largest absolute Gasteiger partial charge is 0.351 e. The lowest BCUT2D eigenvalue weighted by Crippen LogP contribution is -2.27. The molecule has 8 heteroatoms. The molecule has 21 heavy (non-hydrogen) atoms. The van der Waals surface area contributed by atoms with Crippen molar-refractivity contribution in [2.75, 3.05) is 6.54 Å². The molecule has 1 amide bonds. The van der Waals surface area contributed by atoms with Gasteiger partial charge in [0.15, 0.2) is 0 Å². The molecule has 0 saturated carbocycles. The minimum Gasteiger partial charge on any atom is -0.351 e. The average Bonchev–Trinajstić information content (AvgIpc) is 3.10. The van der Waals surface area contributed by atoms with Gasteiger partial charge in [0.2, 0.25) is 5.76 Å². The van der Waals surface area contributed by atoms with Crippen LogP contribution in [-0.4, -0.2) is 37.2 Å². The third-order valence-electron chi connectivity index (χ3n) is 3.27. The lowest BCUT2D eigenvalue weighted by Gasteiger charge is -2.04. The number of rotatable bonds is 4. The van der Waals surface area contributed by atoms with E-state index in [9.17, 15) is 4.79 Å². The van der Waals surface area contributed by atoms with Crippen molar-refractivity contribution in [1.29, 1.82) is 0 Å². The van der Waals surface area contributed by atoms with Crippen LogP contribution < -0.4 is 5.32 Å². The summed E-state index contributed by atoms with van der Waals surface area (Å²) in [5.41, 5.74) is 3.56. The van der Waals surface area contributed by atoms with E-state index in [0.717, 1.165) is 16.7 Å². The van der Waals surface area contributed by atoms with Gasteiger partial charge in [-0.2, -0.15) is 10.2 Å². The molecule has 0 aromatic carbocycles. The number of hydrogen-bond donors (Lipinski definition) is 1. The Morgan fingerprint density at radius 1 is 1.43 bits per heavy atom. The van der Waals surface area contributed by atoms with Gasteiger partial charge in [-0.3, -0.25) is 14.2 Å². The first-order valence-corrected chi connectivity index (χ1v) is 6.63. The first kappa shape index (κ1) is 13.3. The number of carbonyl (C=O) groups excluding carboxylic acids is 1. The molecule has 0 saturated heterocycles. The summed E-state index contributed by atoms with van der Waals surface area (Å²) in [6, 6.07) is 1.60. The summed E-state index contributed by atoms with van der Waals surface area (Å²) in [6.45, 7) is 4.72. The number of fused-ring (bicyclic) bond motifs is 1. The predicted octanol–water partition coefficient (Wildman–Crippen LogP) is 0.805. The molecular weight excluding hydrogens is 272 g/mol. The summed E-state index contributed by atoms with van der Waals surface area (Å²) < 4.78 is 8.54. The fourth-order valence-corrected chi connectivity index (χ4v) is 2.31. The molecule has 0 atom stereocenters. The molecule has 3 aromatic rings. The molecular formula is C13H16N6O2. The first-order valence-electron chi connectivity index (χ1n) is 6.63. The summed E-state index contributed by atoms with van der Waals surface area (Å²) in [5.74, 6) is -0.0578. The molecule has 0 aliphatic carbocycles. The van der Waals surface area contributed by atoms with Gasteiger partial charge in [0.05, 0.1) is 24.1 Å². The van der Waals surface area contributed by atoms with Gasteiger partial charge in [-0.1, -0.05) is 5.16 Å². The van der Waals surface area contributed by atoms with Crippen molar-refractivity contribution >= 4 is 16.9 Å². The summed E-state index contributed by atoms with van der Waals surface area (Å²) in [4.78, 5) is 11.8. The molecule has 0 spiro atoms. The van der Waals surface area contributed by atoms with Crippen LogP contribution in [-0.2, 0) is 13.6 Å². The minimum atomic E-state index is -0.276. The third kappa shape index (κ3) is 2.39. The molecule has 0 radical (unpaired) electrons. The quantitative estimate of drug-likeness (QED) is 0.767. The zero-order valence-electron chi connectivity index (χ0n) is 12.1. The zero-order chi connectivity index (χ0) is 15.0. The first-order chi connectivity index (χ1) is 10.1. The fourth-order valence-electron chi connectivity index (χ4n) is 2.31. The van der Waals surface area contributed by atoms with Gasteiger partial charge in [-0.15, -0.1) is 0 Å². The Morgan fingerprint density at radius 3 is 2.95 bits per heavy atom. The van der Waals surface area contributed by atoms with Crippen LogP contribution in [0.25, 0.3) is 11.0 Å². The minimum absolute atomic E-state index is 0.218. The van der Waals surface area contributed by atoms with Crippen molar-refractivity contribution in [3.8, 4) is 0 Å². The molecule has 0 bridgehead atoms. The normalized spacial score (nSPS) is 11.2. The van der Waals surface area contributed by atoms with Crippen LogP contribution >= 0.6 is 0 Å². The lowest BCUT2D eigenvalue weighted by atomic mass is 10.3. The monoisotopic (exact) mass is 288 g/mol. The predicted molar refractivity (Wildman–Crippen MR) is 74.8 cm³/mol. The van der Waals surface area contributed by atoms with Gasteiger partial charge in [0.1, 0.15) is 11.0 Å². The number of carbonyl (C=O) groups is 1. The second-order valence-electron chi connectivity index (χ2n) is 4.90. The van der Waals surface area contributed by atoms with Crippen LogP contribution in [0.4, 0.5) is 0 Å². The van der Waals surface area contributed by atoms with E-state index in [-0.39, 0.29) is 11.7 Å². The van der Waals surface area contributed by atoms with Gasteiger partial charge >= 0.3 is 0 Å². The van der Waals surface area contributed by atoms with E-state index < -0.39 is 0 Å². The van der Waals surface area contributed by atoms with Crippen LogP contribution in [0.1, 0.15) is 21.9 Å². The third-order valence-corrected chi connectivity index (χ3v) is 3.27. The van der Waals surface area contributed by atoms with Crippen LogP contribution in [0.5, 0.6) is 0 Å². The number of hydrogen-bond acceptors (Lipinski definition) is 5. The summed E-state index contributed by atoms with van der Waals surface area (Å²) in [7, 11) is 1.88. The Kier molecular flexibility index (Phi) is 3.20. The van der Waals surface area contributed by atoms with Crippen molar-refractivity contribution in [3.63, 3.8) is 0 Å². The topological polar surface area (TPSA) is 90.8 Å². The standard InChI is InChI=1S/C13H16N6O2/c1-8-6-11(21-17-8)13(20)14-4-5-19-12-9(2)16-18(3)10(12)7-15-19/h6-7H,4-5H2,1-3H3,(H,14,20). The number of aryl methyl sites for hydroxylation is 3. The molecule has 0 aliphatic rings. The van der Waals surface area contributed by atoms with Gasteiger partial charge in [0, 0.05) is 19.7 Å². The Hall–Kier alpha value is -2.64. The van der Waals surface area contributed by atoms with E-state index in [1.54, 1.807) is 23.9 Å². The van der Waals surface area contributed by atoms with Gasteiger partial charge < -0.3 is 9.84 Å². The second kappa shape index (κ2) is 5.04. The molecule has 0 unspecified atom stereocenters. The van der Waals surface area contributed by atoms with Crippen molar-refractivity contribution in [2.24, 2.45) is 7.05 Å². The van der Waals surface area contributed by atoms with Gasteiger partial charge in [-0.25, -0.2) is 0 Å². The van der Waals surface area contributed by atoms with Crippen molar-refractivity contribution in [3.05, 3.63) is 29.4 Å². The number of aromatic nitrogens is 5. The Balaban J connectivity index is 1.66. The van der Waals surface area contributed by atoms with Crippen LogP contribution in [0.15, 0.2) is 16.8 Å². The van der Waals surface area contributed by atoms with E-state index >= 15 is 0 Å². The average molecular weight is 288 g/mol. The van der Waals surface area contributed by atoms with E-state index in [1.807, 2.05) is 18.7 Å². The highest BCUT2D eigenvalue weighted by atomic mass is 16.5. The Labute approximate surface area is 120 Å². The van der Waals surface area contributed by atoms with Crippen molar-refractivity contribution in [1.82, 2.24) is 30.0 Å². The highest BCUT2D eigenvalue weighted by Crippen LogP contribution is 2.16. The Morgan fingerprint density at radius 2 is 2.24 bits per heavy atom. The van der Waals surface area contributed by atoms with Crippen molar-refractivity contribution in [2.45, 2.75) is 20.4 Å². The summed E-state index contributed by atoms with van der Waals surface area (Å²) >= 11 is 0. The van der Waals surface area contributed by atoms with Gasteiger partial charge in [0.25, 0.3) is 5.91 Å². The van der Waals surface area contributed by atoms with Crippen LogP contribution in [0, 0.1) is 13.8 Å². The molecule has 3 aromatic heterocycles.